The molecule has 0 spiro atoms. The van der Waals surface area contributed by atoms with Gasteiger partial charge in [0, 0.05) is 17.2 Å². The normalized spacial score (nSPS) is 16.3. The van der Waals surface area contributed by atoms with Crippen molar-refractivity contribution < 1.29 is 13.2 Å². The number of hydrogen-bond donors (Lipinski definition) is 0. The Hall–Kier alpha value is -0.780. The molecule has 0 aliphatic carbocycles. The maximum Gasteiger partial charge on any atom is 0.265 e. The van der Waals surface area contributed by atoms with Crippen molar-refractivity contribution in [2.24, 2.45) is 0 Å². The Morgan fingerprint density at radius 3 is 2.52 bits per heavy atom. The zero-order valence-corrected chi connectivity index (χ0v) is 14.1. The summed E-state index contributed by atoms with van der Waals surface area (Å²) in [7, 11) is 1.71. The number of halogens is 1. The van der Waals surface area contributed by atoms with E-state index in [4.69, 9.17) is 15.4 Å². The second-order valence-corrected chi connectivity index (χ2v) is 8.13. The number of aryl methyl sites for hydroxylation is 2. The molecule has 0 atom stereocenters. The van der Waals surface area contributed by atoms with Crippen LogP contribution in [0.25, 0.3) is 0 Å². The van der Waals surface area contributed by atoms with Gasteiger partial charge >= 0.3 is 0 Å². The number of nitrogens with zero attached hydrogens (tertiary/aromatic N) is 1. The fourth-order valence-electron chi connectivity index (χ4n) is 2.75. The lowest BCUT2D eigenvalue weighted by molar-refractivity contribution is 0.258. The predicted molar refractivity (Wildman–Crippen MR) is 84.7 cm³/mol. The molecule has 6 heteroatoms. The highest BCUT2D eigenvalue weighted by atomic mass is 35.7. The number of hydrogen-bond acceptors (Lipinski definition) is 4. The lowest BCUT2D eigenvalue weighted by atomic mass is 10.1. The molecule has 0 radical (unpaired) electrons. The first-order valence-electron chi connectivity index (χ1n) is 7.29. The van der Waals surface area contributed by atoms with Gasteiger partial charge in [-0.2, -0.15) is 0 Å². The first-order valence-corrected chi connectivity index (χ1v) is 9.60. The molecule has 1 aliphatic heterocycles. The lowest BCUT2D eigenvalue weighted by Gasteiger charge is -2.16. The van der Waals surface area contributed by atoms with Crippen LogP contribution in [0.3, 0.4) is 0 Å². The number of ether oxygens (including phenoxy) is 1. The molecule has 0 saturated carbocycles. The van der Waals surface area contributed by atoms with Gasteiger partial charge in [0.1, 0.15) is 10.6 Å². The third kappa shape index (κ3) is 4.59. The molecule has 4 nitrogen and oxygen atoms in total. The summed E-state index contributed by atoms with van der Waals surface area (Å²) < 4.78 is 29.1. The molecule has 0 bridgehead atoms. The van der Waals surface area contributed by atoms with E-state index in [2.05, 4.69) is 4.90 Å². The zero-order chi connectivity index (χ0) is 15.5. The molecule has 0 aromatic heterocycles. The Kier molecular flexibility index (Phi) is 5.52. The van der Waals surface area contributed by atoms with Crippen molar-refractivity contribution in [3.63, 3.8) is 0 Å². The molecule has 1 aliphatic rings. The first kappa shape index (κ1) is 16.6. The molecule has 1 heterocycles. The summed E-state index contributed by atoms with van der Waals surface area (Å²) >= 11 is 0. The van der Waals surface area contributed by atoms with Gasteiger partial charge in [-0.15, -0.1) is 0 Å². The standard InChI is InChI=1S/C15H22ClNO3S/c1-12-10-13(2)15(14(11-12)21(16,18)19)20-9-5-8-17-6-3-4-7-17/h10-11H,3-9H2,1-2H3. The predicted octanol–water partition coefficient (Wildman–Crippen LogP) is 3.10. The van der Waals surface area contributed by atoms with E-state index >= 15 is 0 Å². The Morgan fingerprint density at radius 1 is 1.24 bits per heavy atom. The van der Waals surface area contributed by atoms with Crippen molar-refractivity contribution in [2.45, 2.75) is 38.0 Å². The summed E-state index contributed by atoms with van der Waals surface area (Å²) in [5.74, 6) is 0.386. The van der Waals surface area contributed by atoms with Gasteiger partial charge in [0.05, 0.1) is 6.61 Å². The summed E-state index contributed by atoms with van der Waals surface area (Å²) in [5, 5.41) is 0. The van der Waals surface area contributed by atoms with E-state index in [1.165, 1.54) is 12.8 Å². The highest BCUT2D eigenvalue weighted by Gasteiger charge is 2.20. The van der Waals surface area contributed by atoms with E-state index in [-0.39, 0.29) is 4.90 Å². The molecule has 0 amide bonds. The van der Waals surface area contributed by atoms with Crippen LogP contribution >= 0.6 is 10.7 Å². The van der Waals surface area contributed by atoms with E-state index in [1.807, 2.05) is 19.9 Å². The summed E-state index contributed by atoms with van der Waals surface area (Å²) in [4.78, 5) is 2.48. The van der Waals surface area contributed by atoms with Crippen LogP contribution in [0.1, 0.15) is 30.4 Å². The third-order valence-electron chi connectivity index (χ3n) is 3.71. The molecule has 1 aromatic rings. The molecule has 21 heavy (non-hydrogen) atoms. The number of likely N-dealkylation sites (tertiary alicyclic amines) is 1. The van der Waals surface area contributed by atoms with Gasteiger partial charge in [-0.05, 0) is 63.4 Å². The van der Waals surface area contributed by atoms with E-state index < -0.39 is 9.05 Å². The molecule has 2 rings (SSSR count). The van der Waals surface area contributed by atoms with Crippen molar-refractivity contribution in [2.75, 3.05) is 26.2 Å². The van der Waals surface area contributed by atoms with E-state index in [9.17, 15) is 8.42 Å². The Labute approximate surface area is 131 Å². The fourth-order valence-corrected chi connectivity index (χ4v) is 3.86. The van der Waals surface area contributed by atoms with Crippen LogP contribution in [0, 0.1) is 13.8 Å². The monoisotopic (exact) mass is 331 g/mol. The highest BCUT2D eigenvalue weighted by Crippen LogP contribution is 2.31. The molecule has 1 aromatic carbocycles. The molecule has 1 fully saturated rings. The van der Waals surface area contributed by atoms with Crippen LogP contribution in [0.5, 0.6) is 5.75 Å². The molecule has 1 saturated heterocycles. The molecular formula is C15H22ClNO3S. The minimum Gasteiger partial charge on any atom is -0.492 e. The minimum atomic E-state index is -3.79. The van der Waals surface area contributed by atoms with Crippen molar-refractivity contribution in [1.82, 2.24) is 4.90 Å². The van der Waals surface area contributed by atoms with Gasteiger partial charge in [0.2, 0.25) is 0 Å². The van der Waals surface area contributed by atoms with Crippen LogP contribution in [-0.4, -0.2) is 39.6 Å². The Balaban J connectivity index is 2.01. The minimum absolute atomic E-state index is 0.0721. The van der Waals surface area contributed by atoms with E-state index in [0.29, 0.717) is 12.4 Å². The fraction of sp³-hybridized carbons (Fsp3) is 0.600. The lowest BCUT2D eigenvalue weighted by Crippen LogP contribution is -2.22. The largest absolute Gasteiger partial charge is 0.492 e. The van der Waals surface area contributed by atoms with Crippen molar-refractivity contribution in [1.29, 1.82) is 0 Å². The first-order chi connectivity index (χ1) is 9.88. The van der Waals surface area contributed by atoms with Gasteiger partial charge in [0.15, 0.2) is 0 Å². The van der Waals surface area contributed by atoms with Gasteiger partial charge in [-0.3, -0.25) is 0 Å². The molecule has 0 unspecified atom stereocenters. The number of rotatable bonds is 6. The quantitative estimate of drug-likeness (QED) is 0.593. The molecule has 0 N–H and O–H groups in total. The van der Waals surface area contributed by atoms with E-state index in [1.54, 1.807) is 6.07 Å². The van der Waals surface area contributed by atoms with Crippen LogP contribution in [-0.2, 0) is 9.05 Å². The average molecular weight is 332 g/mol. The van der Waals surface area contributed by atoms with Crippen molar-refractivity contribution in [3.05, 3.63) is 23.3 Å². The average Bonchev–Trinajstić information content (AvgIpc) is 2.87. The van der Waals surface area contributed by atoms with Gasteiger partial charge < -0.3 is 9.64 Å². The summed E-state index contributed by atoms with van der Waals surface area (Å²) in [6.45, 7) is 7.49. The van der Waals surface area contributed by atoms with Crippen LogP contribution in [0.2, 0.25) is 0 Å². The van der Waals surface area contributed by atoms with Crippen molar-refractivity contribution in [3.8, 4) is 5.75 Å². The summed E-state index contributed by atoms with van der Waals surface area (Å²) in [6.07, 6.45) is 3.42. The summed E-state index contributed by atoms with van der Waals surface area (Å²) in [6, 6.07) is 3.46. The van der Waals surface area contributed by atoms with Crippen molar-refractivity contribution >= 4 is 19.7 Å². The maximum atomic E-state index is 11.7. The van der Waals surface area contributed by atoms with Crippen LogP contribution < -0.4 is 4.74 Å². The molecular weight excluding hydrogens is 310 g/mol. The van der Waals surface area contributed by atoms with Gasteiger partial charge in [0.25, 0.3) is 9.05 Å². The number of benzene rings is 1. The smallest absolute Gasteiger partial charge is 0.265 e. The van der Waals surface area contributed by atoms with Crippen LogP contribution in [0.15, 0.2) is 17.0 Å². The Bertz CT molecular complexity index is 595. The molecule has 118 valence electrons. The Morgan fingerprint density at radius 2 is 1.90 bits per heavy atom. The van der Waals surface area contributed by atoms with Gasteiger partial charge in [-0.25, -0.2) is 8.42 Å². The van der Waals surface area contributed by atoms with Gasteiger partial charge in [-0.1, -0.05) is 6.07 Å². The van der Waals surface area contributed by atoms with Crippen LogP contribution in [0.4, 0.5) is 0 Å². The van der Waals surface area contributed by atoms with E-state index in [0.717, 1.165) is 37.2 Å². The second-order valence-electron chi connectivity index (χ2n) is 5.60. The summed E-state index contributed by atoms with van der Waals surface area (Å²) in [5.41, 5.74) is 1.66. The third-order valence-corrected chi connectivity index (χ3v) is 5.04. The zero-order valence-electron chi connectivity index (χ0n) is 12.6. The SMILES string of the molecule is Cc1cc(C)c(OCCCN2CCCC2)c(S(=O)(=O)Cl)c1. The topological polar surface area (TPSA) is 46.6 Å². The maximum absolute atomic E-state index is 11.7. The second kappa shape index (κ2) is 6.99. The highest BCUT2D eigenvalue weighted by molar-refractivity contribution is 8.13.